The maximum Gasteiger partial charge on any atom is 0.335 e. The highest BCUT2D eigenvalue weighted by molar-refractivity contribution is 5.73. The zero-order chi connectivity index (χ0) is 23.1. The van der Waals surface area contributed by atoms with Crippen LogP contribution < -0.4 is 0 Å². The van der Waals surface area contributed by atoms with Gasteiger partial charge in [-0.1, -0.05) is 19.1 Å². The van der Waals surface area contributed by atoms with Crippen LogP contribution in [0.1, 0.15) is 32.3 Å². The van der Waals surface area contributed by atoms with Gasteiger partial charge in [-0.3, -0.25) is 4.79 Å². The molecule has 0 radical (unpaired) electrons. The molecular weight excluding hydrogens is 410 g/mol. The minimum Gasteiger partial charge on any atom is -0.508 e. The molecule has 0 aromatic heterocycles. The highest BCUT2D eigenvalue weighted by atomic mass is 16.7. The van der Waals surface area contributed by atoms with Gasteiger partial charge in [0.2, 0.25) is 6.29 Å². The molecular formula is C21H31NO9. The molecule has 1 aromatic carbocycles. The Bertz CT molecular complexity index is 726. The van der Waals surface area contributed by atoms with E-state index < -0.39 is 42.6 Å². The van der Waals surface area contributed by atoms with Gasteiger partial charge in [0.05, 0.1) is 0 Å². The molecule has 6 atom stereocenters. The number of aromatic hydroxyl groups is 1. The third kappa shape index (κ3) is 6.88. The van der Waals surface area contributed by atoms with Crippen molar-refractivity contribution in [3.8, 4) is 5.75 Å². The Morgan fingerprint density at radius 3 is 2.35 bits per heavy atom. The molecule has 1 fully saturated rings. The zero-order valence-corrected chi connectivity index (χ0v) is 17.6. The number of nitrogens with zero attached hydrogens (tertiary/aromatic N) is 1. The zero-order valence-electron chi connectivity index (χ0n) is 17.6. The van der Waals surface area contributed by atoms with Crippen LogP contribution in [-0.4, -0.2) is 92.2 Å². The first-order chi connectivity index (χ1) is 14.6. The maximum atomic E-state index is 12.1. The van der Waals surface area contributed by atoms with Crippen LogP contribution in [0.25, 0.3) is 0 Å². The number of phenolic OH excluding ortho intramolecular Hbond substituents is 1. The van der Waals surface area contributed by atoms with E-state index in [1.165, 1.54) is 0 Å². The average molecular weight is 441 g/mol. The Kier molecular flexibility index (Phi) is 9.20. The molecule has 0 bridgehead atoms. The van der Waals surface area contributed by atoms with Gasteiger partial charge in [0, 0.05) is 12.5 Å². The summed E-state index contributed by atoms with van der Waals surface area (Å²) in [5, 5.41) is 47.8. The number of aliphatic carboxylic acids is 1. The lowest BCUT2D eigenvalue weighted by molar-refractivity contribution is -0.286. The largest absolute Gasteiger partial charge is 0.508 e. The van der Waals surface area contributed by atoms with Crippen LogP contribution in [0, 0.1) is 0 Å². The van der Waals surface area contributed by atoms with Crippen LogP contribution >= 0.6 is 0 Å². The molecule has 1 aromatic rings. The number of rotatable bonds is 10. The van der Waals surface area contributed by atoms with Gasteiger partial charge in [0.25, 0.3) is 0 Å². The molecule has 0 unspecified atom stereocenters. The number of hydrogen-bond acceptors (Lipinski definition) is 9. The summed E-state index contributed by atoms with van der Waals surface area (Å²) in [5.74, 6) is -2.04. The number of phenols is 1. The van der Waals surface area contributed by atoms with E-state index >= 15 is 0 Å². The fourth-order valence-electron chi connectivity index (χ4n) is 3.56. The van der Waals surface area contributed by atoms with Crippen LogP contribution in [0.5, 0.6) is 5.75 Å². The van der Waals surface area contributed by atoms with Crippen LogP contribution in [0.4, 0.5) is 0 Å². The fourth-order valence-corrected chi connectivity index (χ4v) is 3.56. The van der Waals surface area contributed by atoms with Gasteiger partial charge >= 0.3 is 11.9 Å². The summed E-state index contributed by atoms with van der Waals surface area (Å²) in [7, 11) is 0. The van der Waals surface area contributed by atoms with E-state index in [4.69, 9.17) is 14.6 Å². The topological polar surface area (TPSA) is 157 Å². The van der Waals surface area contributed by atoms with Crippen LogP contribution in [0.2, 0.25) is 0 Å². The molecule has 0 amide bonds. The minimum absolute atomic E-state index is 0.00535. The summed E-state index contributed by atoms with van der Waals surface area (Å²) in [6.07, 6.45) is -7.66. The summed E-state index contributed by atoms with van der Waals surface area (Å²) in [5.41, 5.74) is 1.08. The molecule has 10 nitrogen and oxygen atoms in total. The first kappa shape index (κ1) is 25.0. The molecule has 174 valence electrons. The molecule has 0 saturated carbocycles. The van der Waals surface area contributed by atoms with Gasteiger partial charge in [0.1, 0.15) is 24.1 Å². The van der Waals surface area contributed by atoms with Crippen molar-refractivity contribution in [1.29, 1.82) is 0 Å². The third-order valence-corrected chi connectivity index (χ3v) is 5.38. The first-order valence-corrected chi connectivity index (χ1v) is 10.3. The molecule has 2 rings (SSSR count). The van der Waals surface area contributed by atoms with Crippen molar-refractivity contribution in [3.05, 3.63) is 29.8 Å². The molecule has 10 heteroatoms. The van der Waals surface area contributed by atoms with Crippen molar-refractivity contribution in [2.24, 2.45) is 0 Å². The van der Waals surface area contributed by atoms with E-state index in [-0.39, 0.29) is 18.2 Å². The molecule has 1 heterocycles. The Balaban J connectivity index is 1.81. The average Bonchev–Trinajstić information content (AvgIpc) is 2.72. The molecule has 1 saturated heterocycles. The van der Waals surface area contributed by atoms with Gasteiger partial charge in [-0.25, -0.2) is 4.79 Å². The van der Waals surface area contributed by atoms with E-state index in [1.54, 1.807) is 12.1 Å². The van der Waals surface area contributed by atoms with Crippen molar-refractivity contribution in [2.75, 3.05) is 13.1 Å². The third-order valence-electron chi connectivity index (χ3n) is 5.38. The van der Waals surface area contributed by atoms with Gasteiger partial charge in [-0.05, 0) is 50.6 Å². The number of carboxylic acid groups (broad SMARTS) is 1. The number of carboxylic acids is 1. The smallest absolute Gasteiger partial charge is 0.335 e. The van der Waals surface area contributed by atoms with E-state index in [0.29, 0.717) is 13.0 Å². The number of ether oxygens (including phenoxy) is 2. The van der Waals surface area contributed by atoms with E-state index in [9.17, 15) is 30.0 Å². The quantitative estimate of drug-likeness (QED) is 0.310. The molecule has 1 aliphatic rings. The number of hydrogen-bond donors (Lipinski definition) is 5. The predicted molar refractivity (Wildman–Crippen MR) is 108 cm³/mol. The number of aliphatic hydroxyl groups is 3. The standard InChI is InChI=1S/C21H31NO9/c1-3-22(12(2)11-13-6-8-14(23)9-7-13)10-4-5-15(24)30-21-18(27)16(25)17(26)19(31-21)20(28)29/h6-9,12,16-19,21,23,25-27H,3-5,10-11H2,1-2H3,(H,28,29)/t12-,16-,17-,18+,19-,21+/m0/s1. The highest BCUT2D eigenvalue weighted by Gasteiger charge is 2.48. The number of carbonyl (C=O) groups excluding carboxylic acids is 1. The lowest BCUT2D eigenvalue weighted by atomic mass is 9.99. The molecule has 1 aliphatic heterocycles. The summed E-state index contributed by atoms with van der Waals surface area (Å²) in [6, 6.07) is 7.20. The number of likely N-dealkylation sites (N-methyl/N-ethyl adjacent to an activating group) is 1. The Labute approximate surface area is 180 Å². The van der Waals surface area contributed by atoms with Crippen LogP contribution in [0.3, 0.4) is 0 Å². The van der Waals surface area contributed by atoms with Crippen LogP contribution in [0.15, 0.2) is 24.3 Å². The Hall–Kier alpha value is -2.24. The van der Waals surface area contributed by atoms with Gasteiger partial charge in [-0.2, -0.15) is 0 Å². The molecule has 5 N–H and O–H groups in total. The second-order valence-corrected chi connectivity index (χ2v) is 7.68. The number of aliphatic hydroxyl groups excluding tert-OH is 3. The highest BCUT2D eigenvalue weighted by Crippen LogP contribution is 2.23. The summed E-state index contributed by atoms with van der Waals surface area (Å²) < 4.78 is 9.94. The van der Waals surface area contributed by atoms with E-state index in [2.05, 4.69) is 11.8 Å². The van der Waals surface area contributed by atoms with Crippen molar-refractivity contribution >= 4 is 11.9 Å². The maximum absolute atomic E-state index is 12.1. The summed E-state index contributed by atoms with van der Waals surface area (Å²) >= 11 is 0. The number of benzene rings is 1. The number of esters is 1. The second kappa shape index (κ2) is 11.4. The first-order valence-electron chi connectivity index (χ1n) is 10.3. The van der Waals surface area contributed by atoms with Crippen molar-refractivity contribution in [3.63, 3.8) is 0 Å². The predicted octanol–water partition coefficient (Wildman–Crippen LogP) is -0.139. The van der Waals surface area contributed by atoms with Crippen molar-refractivity contribution in [1.82, 2.24) is 4.90 Å². The van der Waals surface area contributed by atoms with Gasteiger partial charge in [0.15, 0.2) is 6.10 Å². The van der Waals surface area contributed by atoms with Crippen molar-refractivity contribution in [2.45, 2.75) is 69.9 Å². The molecule has 0 aliphatic carbocycles. The lowest BCUT2D eigenvalue weighted by Gasteiger charge is -2.38. The van der Waals surface area contributed by atoms with E-state index in [1.807, 2.05) is 19.1 Å². The fraction of sp³-hybridized carbons (Fsp3) is 0.619. The monoisotopic (exact) mass is 441 g/mol. The lowest BCUT2D eigenvalue weighted by Crippen LogP contribution is -2.60. The SMILES string of the molecule is CCN(CCCC(=O)O[C@@H]1O[C@H](C(=O)O)[C@@H](O)[C@H](O)[C@H]1O)[C@@H](C)Cc1ccc(O)cc1. The van der Waals surface area contributed by atoms with E-state index in [0.717, 1.165) is 18.5 Å². The van der Waals surface area contributed by atoms with Crippen molar-refractivity contribution < 1.29 is 44.6 Å². The number of carbonyl (C=O) groups is 2. The van der Waals surface area contributed by atoms with Gasteiger partial charge in [-0.15, -0.1) is 0 Å². The summed E-state index contributed by atoms with van der Waals surface area (Å²) in [6.45, 7) is 5.46. The summed E-state index contributed by atoms with van der Waals surface area (Å²) in [4.78, 5) is 25.4. The normalized spacial score (nSPS) is 27.1. The molecule has 0 spiro atoms. The minimum atomic E-state index is -1.84. The van der Waals surface area contributed by atoms with Crippen LogP contribution in [-0.2, 0) is 25.5 Å². The van der Waals surface area contributed by atoms with Gasteiger partial charge < -0.3 is 39.9 Å². The Morgan fingerprint density at radius 2 is 1.77 bits per heavy atom. The molecule has 31 heavy (non-hydrogen) atoms. The Morgan fingerprint density at radius 1 is 1.13 bits per heavy atom. The second-order valence-electron chi connectivity index (χ2n) is 7.68.